The second-order valence-corrected chi connectivity index (χ2v) is 17.0. The number of phosphoric ester groups is 1. The molecule has 0 amide bonds. The van der Waals surface area contributed by atoms with Crippen molar-refractivity contribution in [2.24, 2.45) is 0 Å². The maximum atomic E-state index is 12.8. The second-order valence-electron chi connectivity index (χ2n) is 15.6. The van der Waals surface area contributed by atoms with Crippen LogP contribution >= 0.6 is 7.82 Å². The van der Waals surface area contributed by atoms with Gasteiger partial charge >= 0.3 is 19.8 Å². The molecule has 0 aromatic rings. The summed E-state index contributed by atoms with van der Waals surface area (Å²) in [7, 11) is -5.11. The number of carbonyl (C=O) groups excluding carboxylic acids is 2. The zero-order valence-electron chi connectivity index (χ0n) is 35.1. The highest BCUT2D eigenvalue weighted by molar-refractivity contribution is 7.47. The average molecular weight is 835 g/mol. The van der Waals surface area contributed by atoms with Gasteiger partial charge < -0.3 is 39.9 Å². The van der Waals surface area contributed by atoms with E-state index in [-0.39, 0.29) is 12.8 Å². The van der Waals surface area contributed by atoms with Gasteiger partial charge in [-0.25, -0.2) is 4.57 Å². The normalized spacial score (nSPS) is 22.9. The lowest BCUT2D eigenvalue weighted by atomic mass is 9.85. The molecule has 0 spiro atoms. The van der Waals surface area contributed by atoms with Crippen LogP contribution in [0.15, 0.2) is 24.3 Å². The molecular formula is C43H79O13P. The maximum absolute atomic E-state index is 12.8. The Labute approximate surface area is 343 Å². The lowest BCUT2D eigenvalue weighted by Gasteiger charge is -2.41. The van der Waals surface area contributed by atoms with E-state index >= 15 is 0 Å². The Balaban J connectivity index is 2.49. The van der Waals surface area contributed by atoms with Crippen LogP contribution in [-0.2, 0) is 32.7 Å². The van der Waals surface area contributed by atoms with Crippen LogP contribution in [0.25, 0.3) is 0 Å². The molecule has 13 nitrogen and oxygen atoms in total. The SMILES string of the molecule is CCCCCC/C=C/C=C/CCCCCCCC(=O)OC[C@@H](COP(=O)(O)OC1C(O)C(O)C(O)[C@H](O)C1O)OC(=O)CCCCCCCCCCCCCCC. The maximum Gasteiger partial charge on any atom is 0.472 e. The van der Waals surface area contributed by atoms with E-state index in [1.54, 1.807) is 0 Å². The van der Waals surface area contributed by atoms with Crippen molar-refractivity contribution >= 4 is 19.8 Å². The second kappa shape index (κ2) is 34.1. The zero-order valence-corrected chi connectivity index (χ0v) is 36.0. The molecule has 1 rings (SSSR count). The number of unbranched alkanes of at least 4 members (excludes halogenated alkanes) is 21. The van der Waals surface area contributed by atoms with Crippen molar-refractivity contribution in [2.75, 3.05) is 13.2 Å². The Morgan fingerprint density at radius 3 is 1.40 bits per heavy atom. The zero-order chi connectivity index (χ0) is 42.2. The predicted molar refractivity (Wildman–Crippen MR) is 221 cm³/mol. The average Bonchev–Trinajstić information content (AvgIpc) is 3.19. The van der Waals surface area contributed by atoms with Gasteiger partial charge in [-0.05, 0) is 38.5 Å². The highest BCUT2D eigenvalue weighted by atomic mass is 31.2. The summed E-state index contributed by atoms with van der Waals surface area (Å²) >= 11 is 0. The number of ether oxygens (including phenoxy) is 2. The molecule has 0 heterocycles. The number of allylic oxidation sites excluding steroid dienone is 4. The van der Waals surface area contributed by atoms with Crippen LogP contribution in [0.2, 0.25) is 0 Å². The summed E-state index contributed by atoms with van der Waals surface area (Å²) in [5.74, 6) is -1.11. The smallest absolute Gasteiger partial charge is 0.462 e. The van der Waals surface area contributed by atoms with Gasteiger partial charge in [0.25, 0.3) is 0 Å². The Kier molecular flexibility index (Phi) is 31.9. The quantitative estimate of drug-likeness (QED) is 0.0153. The van der Waals surface area contributed by atoms with Crippen LogP contribution in [0, 0.1) is 0 Å². The lowest BCUT2D eigenvalue weighted by molar-refractivity contribution is -0.220. The molecule has 0 aromatic carbocycles. The van der Waals surface area contributed by atoms with E-state index in [2.05, 4.69) is 38.2 Å². The summed E-state index contributed by atoms with van der Waals surface area (Å²) in [5, 5.41) is 50.1. The molecule has 0 aliphatic heterocycles. The van der Waals surface area contributed by atoms with Crippen molar-refractivity contribution in [1.82, 2.24) is 0 Å². The van der Waals surface area contributed by atoms with E-state index in [9.17, 15) is 44.6 Å². The molecule has 1 aliphatic rings. The van der Waals surface area contributed by atoms with Gasteiger partial charge in [-0.2, -0.15) is 0 Å². The third-order valence-corrected chi connectivity index (χ3v) is 11.3. The van der Waals surface area contributed by atoms with E-state index < -0.39 is 75.7 Å². The van der Waals surface area contributed by atoms with E-state index in [0.717, 1.165) is 64.2 Å². The van der Waals surface area contributed by atoms with Gasteiger partial charge in [-0.15, -0.1) is 0 Å². The minimum absolute atomic E-state index is 0.0969. The Morgan fingerprint density at radius 2 is 0.930 bits per heavy atom. The first-order chi connectivity index (χ1) is 27.4. The van der Waals surface area contributed by atoms with E-state index in [1.807, 2.05) is 0 Å². The molecule has 1 saturated carbocycles. The van der Waals surface area contributed by atoms with Gasteiger partial charge in [0.05, 0.1) is 6.61 Å². The van der Waals surface area contributed by atoms with Crippen LogP contribution in [0.3, 0.4) is 0 Å². The van der Waals surface area contributed by atoms with E-state index in [0.29, 0.717) is 12.8 Å². The largest absolute Gasteiger partial charge is 0.472 e. The molecule has 0 radical (unpaired) electrons. The Hall–Kier alpha value is -1.67. The van der Waals surface area contributed by atoms with Gasteiger partial charge in [-0.3, -0.25) is 18.6 Å². The van der Waals surface area contributed by atoms with Crippen molar-refractivity contribution in [3.8, 4) is 0 Å². The first-order valence-electron chi connectivity index (χ1n) is 22.2. The molecule has 6 unspecified atom stereocenters. The fourth-order valence-corrected chi connectivity index (χ4v) is 7.66. The molecule has 6 N–H and O–H groups in total. The van der Waals surface area contributed by atoms with Gasteiger partial charge in [-0.1, -0.05) is 154 Å². The third-order valence-electron chi connectivity index (χ3n) is 10.3. The number of hydrogen-bond donors (Lipinski definition) is 6. The monoisotopic (exact) mass is 835 g/mol. The number of esters is 2. The van der Waals surface area contributed by atoms with Crippen molar-refractivity contribution in [2.45, 2.75) is 224 Å². The van der Waals surface area contributed by atoms with Crippen molar-refractivity contribution in [3.05, 3.63) is 24.3 Å². The molecule has 1 aliphatic carbocycles. The van der Waals surface area contributed by atoms with Gasteiger partial charge in [0, 0.05) is 12.8 Å². The molecule has 14 heteroatoms. The minimum Gasteiger partial charge on any atom is -0.462 e. The number of aliphatic hydroxyl groups excluding tert-OH is 5. The Morgan fingerprint density at radius 1 is 0.544 bits per heavy atom. The van der Waals surface area contributed by atoms with Crippen LogP contribution in [0.1, 0.15) is 181 Å². The van der Waals surface area contributed by atoms with Crippen LogP contribution in [0.5, 0.6) is 0 Å². The van der Waals surface area contributed by atoms with E-state index in [4.69, 9.17) is 18.5 Å². The number of hydrogen-bond acceptors (Lipinski definition) is 12. The summed E-state index contributed by atoms with van der Waals surface area (Å²) in [4.78, 5) is 35.6. The molecule has 0 aromatic heterocycles. The molecule has 1 fully saturated rings. The van der Waals surface area contributed by atoms with Gasteiger partial charge in [0.2, 0.25) is 0 Å². The third kappa shape index (κ3) is 26.9. The highest BCUT2D eigenvalue weighted by Gasteiger charge is 2.51. The number of phosphoric acid groups is 1. The summed E-state index contributed by atoms with van der Waals surface area (Å²) in [6, 6.07) is 0. The fraction of sp³-hybridized carbons (Fsp3) is 0.860. The number of carbonyl (C=O) groups is 2. The minimum atomic E-state index is -5.11. The van der Waals surface area contributed by atoms with Crippen molar-refractivity contribution in [1.29, 1.82) is 0 Å². The molecule has 0 bridgehead atoms. The van der Waals surface area contributed by atoms with Gasteiger partial charge in [0.15, 0.2) is 6.10 Å². The van der Waals surface area contributed by atoms with E-state index in [1.165, 1.54) is 77.0 Å². The van der Waals surface area contributed by atoms with Crippen LogP contribution in [-0.4, -0.2) is 98.3 Å². The first-order valence-corrected chi connectivity index (χ1v) is 23.7. The molecule has 8 atom stereocenters. The van der Waals surface area contributed by atoms with Gasteiger partial charge in [0.1, 0.15) is 43.2 Å². The highest BCUT2D eigenvalue weighted by Crippen LogP contribution is 2.47. The number of aliphatic hydroxyl groups is 5. The Bertz CT molecular complexity index is 1100. The van der Waals surface area contributed by atoms with Crippen LogP contribution in [0.4, 0.5) is 0 Å². The number of rotatable bonds is 36. The summed E-state index contributed by atoms with van der Waals surface area (Å²) in [6.07, 6.45) is 22.3. The molecule has 57 heavy (non-hydrogen) atoms. The predicted octanol–water partition coefficient (Wildman–Crippen LogP) is 8.06. The summed E-state index contributed by atoms with van der Waals surface area (Å²) in [5.41, 5.74) is 0. The molecular weight excluding hydrogens is 755 g/mol. The lowest BCUT2D eigenvalue weighted by Crippen LogP contribution is -2.64. The molecule has 0 saturated heterocycles. The first kappa shape index (κ1) is 53.3. The van der Waals surface area contributed by atoms with Crippen molar-refractivity contribution < 1.29 is 63.1 Å². The standard InChI is InChI=1S/C43H79O13P/c1-3-5-7-9-11-13-15-17-18-20-21-23-25-27-29-31-36(44)53-33-35(34-54-57(51,52)56-43-41(49)39(47)38(46)40(48)42(43)50)55-37(45)32-30-28-26-24-22-19-16-14-12-10-8-6-4-2/h13,15,17-18,35,38-43,46-50H,3-12,14,16,19-34H2,1-2H3,(H,51,52)/b15-13+,18-17+/t35-,38?,39-,40?,41?,42?,43?/m0/s1. The van der Waals surface area contributed by atoms with Crippen LogP contribution < -0.4 is 0 Å². The fourth-order valence-electron chi connectivity index (χ4n) is 6.69. The summed E-state index contributed by atoms with van der Waals surface area (Å²) in [6.45, 7) is 3.26. The molecule has 334 valence electrons. The summed E-state index contributed by atoms with van der Waals surface area (Å²) < 4.78 is 33.4. The topological polar surface area (TPSA) is 210 Å². The van der Waals surface area contributed by atoms with Crippen molar-refractivity contribution in [3.63, 3.8) is 0 Å².